The summed E-state index contributed by atoms with van der Waals surface area (Å²) in [5.74, 6) is 1.08. The monoisotopic (exact) mass is 268 g/mol. The van der Waals surface area contributed by atoms with Gasteiger partial charge in [-0.2, -0.15) is 0 Å². The molecule has 0 saturated heterocycles. The van der Waals surface area contributed by atoms with Gasteiger partial charge in [0.2, 0.25) is 0 Å². The molecular weight excluding hydrogens is 252 g/mol. The molecule has 0 radical (unpaired) electrons. The molecule has 3 nitrogen and oxygen atoms in total. The van der Waals surface area contributed by atoms with Crippen LogP contribution in [0.2, 0.25) is 0 Å². The summed E-state index contributed by atoms with van der Waals surface area (Å²) in [7, 11) is 1.62. The summed E-state index contributed by atoms with van der Waals surface area (Å²) in [4.78, 5) is 11.0. The number of methoxy groups -OCH3 is 1. The quantitative estimate of drug-likeness (QED) is 0.457. The first-order valence-corrected chi connectivity index (χ1v) is 6.29. The van der Waals surface area contributed by atoms with Gasteiger partial charge in [0.25, 0.3) is 0 Å². The van der Waals surface area contributed by atoms with E-state index in [2.05, 4.69) is 0 Å². The first kappa shape index (κ1) is 13.9. The summed E-state index contributed by atoms with van der Waals surface area (Å²) in [5.41, 5.74) is 1.91. The molecule has 0 spiro atoms. The van der Waals surface area contributed by atoms with Gasteiger partial charge < -0.3 is 9.47 Å². The maximum absolute atomic E-state index is 11.0. The van der Waals surface area contributed by atoms with E-state index < -0.39 is 0 Å². The number of benzene rings is 2. The molecule has 0 unspecified atom stereocenters. The van der Waals surface area contributed by atoms with E-state index >= 15 is 0 Å². The van der Waals surface area contributed by atoms with Crippen molar-refractivity contribution < 1.29 is 14.3 Å². The fourth-order valence-corrected chi connectivity index (χ4v) is 1.72. The van der Waals surface area contributed by atoms with Crippen molar-refractivity contribution in [2.45, 2.75) is 6.61 Å². The SMILES string of the molecule is COc1ccc(C=C(C=O)OCc2ccccc2)cc1. The standard InChI is InChI=1S/C17H16O3/c1-19-16-9-7-14(8-10-16)11-17(12-18)20-13-15-5-3-2-4-6-15/h2-12H,13H2,1H3. The van der Waals surface area contributed by atoms with E-state index in [1.165, 1.54) is 0 Å². The lowest BCUT2D eigenvalue weighted by Crippen LogP contribution is -1.95. The third kappa shape index (κ3) is 3.99. The molecule has 2 aromatic rings. The topological polar surface area (TPSA) is 35.5 Å². The highest BCUT2D eigenvalue weighted by Crippen LogP contribution is 2.14. The van der Waals surface area contributed by atoms with E-state index in [-0.39, 0.29) is 0 Å². The summed E-state index contributed by atoms with van der Waals surface area (Å²) >= 11 is 0. The average Bonchev–Trinajstić information content (AvgIpc) is 2.53. The number of hydrogen-bond donors (Lipinski definition) is 0. The van der Waals surface area contributed by atoms with Gasteiger partial charge in [-0.1, -0.05) is 42.5 Å². The van der Waals surface area contributed by atoms with Crippen LogP contribution in [-0.4, -0.2) is 13.4 Å². The van der Waals surface area contributed by atoms with E-state index in [9.17, 15) is 4.79 Å². The molecule has 0 saturated carbocycles. The van der Waals surface area contributed by atoms with Gasteiger partial charge in [0.1, 0.15) is 12.4 Å². The molecule has 20 heavy (non-hydrogen) atoms. The number of aldehydes is 1. The molecule has 0 aromatic heterocycles. The second kappa shape index (κ2) is 7.14. The van der Waals surface area contributed by atoms with Crippen LogP contribution < -0.4 is 4.74 Å². The van der Waals surface area contributed by atoms with Crippen molar-refractivity contribution in [1.82, 2.24) is 0 Å². The summed E-state index contributed by atoms with van der Waals surface area (Å²) in [6.07, 6.45) is 2.42. The molecule has 0 N–H and O–H groups in total. The zero-order valence-electron chi connectivity index (χ0n) is 11.3. The first-order valence-electron chi connectivity index (χ1n) is 6.29. The smallest absolute Gasteiger partial charge is 0.184 e. The Morgan fingerprint density at radius 3 is 2.35 bits per heavy atom. The van der Waals surface area contributed by atoms with E-state index in [1.807, 2.05) is 54.6 Å². The third-order valence-electron chi connectivity index (χ3n) is 2.79. The highest BCUT2D eigenvalue weighted by molar-refractivity contribution is 5.79. The van der Waals surface area contributed by atoms with Gasteiger partial charge >= 0.3 is 0 Å². The van der Waals surface area contributed by atoms with Gasteiger partial charge in [-0.05, 0) is 29.3 Å². The summed E-state index contributed by atoms with van der Waals surface area (Å²) in [6, 6.07) is 17.1. The second-order valence-corrected chi connectivity index (χ2v) is 4.21. The Bertz CT molecular complexity index is 571. The number of carbonyl (C=O) groups is 1. The van der Waals surface area contributed by atoms with E-state index in [1.54, 1.807) is 13.2 Å². The Hall–Kier alpha value is -2.55. The number of allylic oxidation sites excluding steroid dienone is 1. The van der Waals surface area contributed by atoms with Gasteiger partial charge in [0.05, 0.1) is 7.11 Å². The van der Waals surface area contributed by atoms with Crippen LogP contribution in [0.4, 0.5) is 0 Å². The van der Waals surface area contributed by atoms with Gasteiger partial charge in [-0.15, -0.1) is 0 Å². The predicted octanol–water partition coefficient (Wildman–Crippen LogP) is 3.45. The van der Waals surface area contributed by atoms with Crippen LogP contribution in [0.5, 0.6) is 5.75 Å². The fraction of sp³-hybridized carbons (Fsp3) is 0.118. The summed E-state index contributed by atoms with van der Waals surface area (Å²) in [5, 5.41) is 0. The summed E-state index contributed by atoms with van der Waals surface area (Å²) < 4.78 is 10.6. The van der Waals surface area contributed by atoms with Crippen LogP contribution >= 0.6 is 0 Å². The molecule has 0 amide bonds. The molecule has 102 valence electrons. The Labute approximate surface area is 118 Å². The van der Waals surface area contributed by atoms with Gasteiger partial charge in [-0.3, -0.25) is 4.79 Å². The van der Waals surface area contributed by atoms with Gasteiger partial charge in [-0.25, -0.2) is 0 Å². The lowest BCUT2D eigenvalue weighted by atomic mass is 10.2. The van der Waals surface area contributed by atoms with Crippen molar-refractivity contribution in [2.75, 3.05) is 7.11 Å². The molecule has 0 aliphatic carbocycles. The zero-order chi connectivity index (χ0) is 14.2. The molecule has 0 bridgehead atoms. The second-order valence-electron chi connectivity index (χ2n) is 4.21. The highest BCUT2D eigenvalue weighted by atomic mass is 16.5. The van der Waals surface area contributed by atoms with Crippen molar-refractivity contribution in [3.63, 3.8) is 0 Å². The number of carbonyl (C=O) groups excluding carboxylic acids is 1. The van der Waals surface area contributed by atoms with Crippen LogP contribution in [0.25, 0.3) is 6.08 Å². The molecule has 0 fully saturated rings. The maximum Gasteiger partial charge on any atom is 0.184 e. The van der Waals surface area contributed by atoms with Crippen molar-refractivity contribution in [3.05, 3.63) is 71.5 Å². The van der Waals surface area contributed by atoms with E-state index in [0.29, 0.717) is 18.7 Å². The van der Waals surface area contributed by atoms with Crippen LogP contribution in [0.15, 0.2) is 60.4 Å². The third-order valence-corrected chi connectivity index (χ3v) is 2.79. The van der Waals surface area contributed by atoms with Crippen LogP contribution in [-0.2, 0) is 16.1 Å². The van der Waals surface area contributed by atoms with Crippen molar-refractivity contribution in [2.24, 2.45) is 0 Å². The minimum Gasteiger partial charge on any atom is -0.497 e. The minimum atomic E-state index is 0.305. The van der Waals surface area contributed by atoms with Gasteiger partial charge in [0.15, 0.2) is 12.0 Å². The molecule has 2 rings (SSSR count). The predicted molar refractivity (Wildman–Crippen MR) is 78.3 cm³/mol. The number of ether oxygens (including phenoxy) is 2. The van der Waals surface area contributed by atoms with Crippen LogP contribution in [0, 0.1) is 0 Å². The molecule has 3 heteroatoms. The minimum absolute atomic E-state index is 0.305. The fourth-order valence-electron chi connectivity index (χ4n) is 1.72. The Morgan fingerprint density at radius 2 is 1.75 bits per heavy atom. The van der Waals surface area contributed by atoms with Crippen LogP contribution in [0.3, 0.4) is 0 Å². The molecule has 2 aromatic carbocycles. The lowest BCUT2D eigenvalue weighted by molar-refractivity contribution is -0.107. The van der Waals surface area contributed by atoms with Gasteiger partial charge in [0, 0.05) is 0 Å². The molecule has 0 aliphatic heterocycles. The normalized spacial score (nSPS) is 10.9. The molecular formula is C17H16O3. The van der Waals surface area contributed by atoms with Crippen LogP contribution in [0.1, 0.15) is 11.1 Å². The first-order chi connectivity index (χ1) is 9.81. The zero-order valence-corrected chi connectivity index (χ0v) is 11.3. The molecule has 0 atom stereocenters. The Kier molecular flexibility index (Phi) is 4.95. The number of hydrogen-bond acceptors (Lipinski definition) is 3. The van der Waals surface area contributed by atoms with E-state index in [0.717, 1.165) is 16.9 Å². The Balaban J connectivity index is 2.03. The lowest BCUT2D eigenvalue weighted by Gasteiger charge is -2.06. The van der Waals surface area contributed by atoms with Crippen molar-refractivity contribution >= 4 is 12.4 Å². The highest BCUT2D eigenvalue weighted by Gasteiger charge is 1.99. The Morgan fingerprint density at radius 1 is 1.05 bits per heavy atom. The van der Waals surface area contributed by atoms with Crippen molar-refractivity contribution in [1.29, 1.82) is 0 Å². The average molecular weight is 268 g/mol. The number of rotatable bonds is 6. The van der Waals surface area contributed by atoms with Crippen molar-refractivity contribution in [3.8, 4) is 5.75 Å². The largest absolute Gasteiger partial charge is 0.497 e. The molecule has 0 heterocycles. The maximum atomic E-state index is 11.0. The summed E-state index contributed by atoms with van der Waals surface area (Å²) in [6.45, 7) is 0.377. The molecule has 0 aliphatic rings. The van der Waals surface area contributed by atoms with E-state index in [4.69, 9.17) is 9.47 Å².